The van der Waals surface area contributed by atoms with Gasteiger partial charge in [0.05, 0.1) is 21.5 Å². The Hall–Kier alpha value is -2.58. The Balaban J connectivity index is 1.48. The fraction of sp³-hybridized carbons (Fsp3) is 0.391. The minimum absolute atomic E-state index is 0.0596. The van der Waals surface area contributed by atoms with Gasteiger partial charge >= 0.3 is 0 Å². The van der Waals surface area contributed by atoms with Crippen LogP contribution in [0.5, 0.6) is 0 Å². The average molecular weight is 476 g/mol. The maximum Gasteiger partial charge on any atom is 0.262 e. The molecule has 2 aromatic rings. The molecule has 2 amide bonds. The highest BCUT2D eigenvalue weighted by molar-refractivity contribution is 7.92. The third-order valence-electron chi connectivity index (χ3n) is 5.89. The van der Waals surface area contributed by atoms with Crippen molar-refractivity contribution in [2.24, 2.45) is 11.8 Å². The van der Waals surface area contributed by atoms with Crippen LogP contribution in [0, 0.1) is 18.8 Å². The van der Waals surface area contributed by atoms with E-state index in [1.807, 2.05) is 0 Å². The van der Waals surface area contributed by atoms with Crippen LogP contribution in [0.3, 0.4) is 0 Å². The number of hydrogen-bond acceptors (Lipinski definition) is 4. The number of benzene rings is 2. The molecule has 2 aliphatic rings. The molecule has 7 nitrogen and oxygen atoms in total. The van der Waals surface area contributed by atoms with Crippen LogP contribution in [-0.2, 0) is 19.6 Å². The number of halogens is 1. The summed E-state index contributed by atoms with van der Waals surface area (Å²) in [6, 6.07) is 11.4. The molecule has 1 atom stereocenters. The Morgan fingerprint density at radius 2 is 1.81 bits per heavy atom. The van der Waals surface area contributed by atoms with Crippen LogP contribution < -0.4 is 10.0 Å². The number of rotatable bonds is 6. The summed E-state index contributed by atoms with van der Waals surface area (Å²) in [4.78, 5) is 27.1. The van der Waals surface area contributed by atoms with Gasteiger partial charge in [-0.2, -0.15) is 0 Å². The molecule has 1 saturated carbocycles. The highest BCUT2D eigenvalue weighted by Gasteiger charge is 2.36. The molecule has 0 spiro atoms. The smallest absolute Gasteiger partial charge is 0.262 e. The number of carbonyl (C=O) groups is 2. The molecule has 0 radical (unpaired) electrons. The lowest BCUT2D eigenvalue weighted by Crippen LogP contribution is -2.44. The van der Waals surface area contributed by atoms with Crippen LogP contribution >= 0.6 is 11.6 Å². The van der Waals surface area contributed by atoms with Crippen LogP contribution in [0.4, 0.5) is 11.4 Å². The lowest BCUT2D eigenvalue weighted by molar-refractivity contribution is -0.135. The highest BCUT2D eigenvalue weighted by atomic mass is 35.5. The number of aryl methyl sites for hydroxylation is 1. The van der Waals surface area contributed by atoms with Crippen molar-refractivity contribution in [2.45, 2.75) is 37.5 Å². The first-order valence-electron chi connectivity index (χ1n) is 10.7. The van der Waals surface area contributed by atoms with Gasteiger partial charge < -0.3 is 10.2 Å². The lowest BCUT2D eigenvalue weighted by Gasteiger charge is -2.32. The molecule has 0 aromatic heterocycles. The average Bonchev–Trinajstić information content (AvgIpc) is 3.61. The molecule has 1 heterocycles. The van der Waals surface area contributed by atoms with Gasteiger partial charge in [0.15, 0.2) is 0 Å². The van der Waals surface area contributed by atoms with Crippen molar-refractivity contribution < 1.29 is 18.0 Å². The van der Waals surface area contributed by atoms with Crippen LogP contribution in [0.15, 0.2) is 47.4 Å². The van der Waals surface area contributed by atoms with Crippen molar-refractivity contribution in [1.82, 2.24) is 4.90 Å². The topological polar surface area (TPSA) is 95.6 Å². The quantitative estimate of drug-likeness (QED) is 0.659. The monoisotopic (exact) mass is 475 g/mol. The Morgan fingerprint density at radius 1 is 1.06 bits per heavy atom. The van der Waals surface area contributed by atoms with Gasteiger partial charge in [-0.25, -0.2) is 8.42 Å². The van der Waals surface area contributed by atoms with E-state index in [1.54, 1.807) is 48.2 Å². The van der Waals surface area contributed by atoms with Gasteiger partial charge in [-0.3, -0.25) is 14.3 Å². The number of piperidine rings is 1. The summed E-state index contributed by atoms with van der Waals surface area (Å²) in [5.41, 5.74) is 1.22. The van der Waals surface area contributed by atoms with Gasteiger partial charge in [-0.1, -0.05) is 29.8 Å². The summed E-state index contributed by atoms with van der Waals surface area (Å²) in [7, 11) is -3.91. The Morgan fingerprint density at radius 3 is 2.53 bits per heavy atom. The first-order valence-corrected chi connectivity index (χ1v) is 12.6. The Kier molecular flexibility index (Phi) is 6.44. The highest BCUT2D eigenvalue weighted by Crippen LogP contribution is 2.33. The van der Waals surface area contributed by atoms with Crippen LogP contribution in [0.2, 0.25) is 5.02 Å². The fourth-order valence-electron chi connectivity index (χ4n) is 3.94. The first kappa shape index (κ1) is 22.6. The first-order chi connectivity index (χ1) is 15.2. The van der Waals surface area contributed by atoms with Crippen molar-refractivity contribution in [2.75, 3.05) is 23.1 Å². The molecule has 4 rings (SSSR count). The zero-order valence-corrected chi connectivity index (χ0v) is 19.4. The molecule has 32 heavy (non-hydrogen) atoms. The number of hydrogen-bond donors (Lipinski definition) is 2. The maximum absolute atomic E-state index is 13.0. The van der Waals surface area contributed by atoms with E-state index in [0.717, 1.165) is 19.3 Å². The van der Waals surface area contributed by atoms with E-state index in [2.05, 4.69) is 10.0 Å². The summed E-state index contributed by atoms with van der Waals surface area (Å²) in [6.45, 7) is 2.79. The number of amides is 2. The number of nitrogens with one attached hydrogen (secondary N) is 2. The molecule has 0 unspecified atom stereocenters. The number of likely N-dealkylation sites (tertiary alicyclic amines) is 1. The van der Waals surface area contributed by atoms with E-state index in [4.69, 9.17) is 11.6 Å². The van der Waals surface area contributed by atoms with Crippen molar-refractivity contribution in [3.8, 4) is 0 Å². The summed E-state index contributed by atoms with van der Waals surface area (Å²) < 4.78 is 28.5. The fourth-order valence-corrected chi connectivity index (χ4v) is 5.53. The largest absolute Gasteiger partial charge is 0.342 e. The van der Waals surface area contributed by atoms with Crippen LogP contribution in [0.1, 0.15) is 31.2 Å². The SMILES string of the molecule is Cc1ccc(NC(=O)[C@@H]2CCCN(C(=O)C3CC3)C2)cc1S(=O)(=O)Nc1ccccc1Cl. The summed E-state index contributed by atoms with van der Waals surface area (Å²) in [6.07, 6.45) is 3.36. The van der Waals surface area contributed by atoms with Crippen molar-refractivity contribution in [1.29, 1.82) is 0 Å². The Bertz CT molecular complexity index is 1150. The van der Waals surface area contributed by atoms with E-state index in [1.165, 1.54) is 6.07 Å². The Labute approximate surface area is 193 Å². The number of sulfonamides is 1. The second-order valence-electron chi connectivity index (χ2n) is 8.45. The third kappa shape index (κ3) is 5.07. The summed E-state index contributed by atoms with van der Waals surface area (Å²) in [5, 5.41) is 3.13. The predicted molar refractivity (Wildman–Crippen MR) is 124 cm³/mol. The molecule has 1 aliphatic carbocycles. The van der Waals surface area contributed by atoms with E-state index >= 15 is 0 Å². The predicted octanol–water partition coefficient (Wildman–Crippen LogP) is 4.04. The molecule has 1 saturated heterocycles. The van der Waals surface area contributed by atoms with Gasteiger partial charge in [0.1, 0.15) is 0 Å². The lowest BCUT2D eigenvalue weighted by atomic mass is 9.96. The molecule has 2 N–H and O–H groups in total. The zero-order valence-electron chi connectivity index (χ0n) is 17.8. The number of anilines is 2. The maximum atomic E-state index is 13.0. The summed E-state index contributed by atoms with van der Waals surface area (Å²) in [5.74, 6) is -0.234. The number of nitrogens with zero attached hydrogens (tertiary/aromatic N) is 1. The molecular weight excluding hydrogens is 450 g/mol. The van der Waals surface area contributed by atoms with Crippen LogP contribution in [-0.4, -0.2) is 38.2 Å². The molecule has 2 fully saturated rings. The van der Waals surface area contributed by atoms with Gasteiger partial charge in [0.2, 0.25) is 11.8 Å². The van der Waals surface area contributed by atoms with Gasteiger partial charge in [-0.05, 0) is 62.4 Å². The van der Waals surface area contributed by atoms with Crippen molar-refractivity contribution >= 4 is 44.8 Å². The summed E-state index contributed by atoms with van der Waals surface area (Å²) >= 11 is 6.09. The molecule has 1 aliphatic heterocycles. The molecule has 9 heteroatoms. The van der Waals surface area contributed by atoms with E-state index in [0.29, 0.717) is 35.8 Å². The standard InChI is InChI=1S/C23H26ClN3O4S/c1-15-8-11-18(13-21(15)32(30,31)26-20-7-3-2-6-19(20)24)25-22(28)17-5-4-12-27(14-17)23(29)16-9-10-16/h2-3,6-8,11,13,16-17,26H,4-5,9-10,12,14H2,1H3,(H,25,28)/t17-/m1/s1. The zero-order chi connectivity index (χ0) is 22.9. The van der Waals surface area contributed by atoms with Gasteiger partial charge in [0, 0.05) is 24.7 Å². The van der Waals surface area contributed by atoms with Crippen LogP contribution in [0.25, 0.3) is 0 Å². The molecular formula is C23H26ClN3O4S. The normalized spacial score (nSPS) is 18.8. The number of para-hydroxylation sites is 1. The second-order valence-corrected chi connectivity index (χ2v) is 10.5. The minimum atomic E-state index is -3.91. The third-order valence-corrected chi connectivity index (χ3v) is 7.73. The number of carbonyl (C=O) groups excluding carboxylic acids is 2. The van der Waals surface area contributed by atoms with E-state index in [9.17, 15) is 18.0 Å². The van der Waals surface area contributed by atoms with Crippen molar-refractivity contribution in [3.63, 3.8) is 0 Å². The van der Waals surface area contributed by atoms with E-state index in [-0.39, 0.29) is 34.2 Å². The molecule has 0 bridgehead atoms. The van der Waals surface area contributed by atoms with Gasteiger partial charge in [-0.15, -0.1) is 0 Å². The van der Waals surface area contributed by atoms with Crippen molar-refractivity contribution in [3.05, 3.63) is 53.1 Å². The molecule has 2 aromatic carbocycles. The van der Waals surface area contributed by atoms with E-state index < -0.39 is 10.0 Å². The minimum Gasteiger partial charge on any atom is -0.342 e. The molecule has 170 valence electrons. The van der Waals surface area contributed by atoms with Gasteiger partial charge in [0.25, 0.3) is 10.0 Å². The second kappa shape index (κ2) is 9.11.